The molecule has 3 rings (SSSR count). The smallest absolute Gasteiger partial charge is 0.0726 e. The number of anilines is 1. The van der Waals surface area contributed by atoms with Gasteiger partial charge in [-0.25, -0.2) is 0 Å². The Hall–Kier alpha value is -2.20. The van der Waals surface area contributed by atoms with Crippen molar-refractivity contribution in [1.29, 1.82) is 0 Å². The molecule has 0 aliphatic rings. The van der Waals surface area contributed by atoms with Crippen LogP contribution in [0, 0.1) is 13.8 Å². The number of nitrogens with zero attached hydrogens (tertiary/aromatic N) is 2. The van der Waals surface area contributed by atoms with E-state index in [0.717, 1.165) is 22.3 Å². The molecular formula is C16H15N3S. The minimum atomic E-state index is 0.980. The van der Waals surface area contributed by atoms with Gasteiger partial charge in [-0.1, -0.05) is 18.2 Å². The number of thiophene rings is 1. The van der Waals surface area contributed by atoms with Crippen molar-refractivity contribution in [3.05, 3.63) is 57.9 Å². The Morgan fingerprint density at radius 2 is 2.05 bits per heavy atom. The Balaban J connectivity index is 1.91. The Kier molecular flexibility index (Phi) is 3.48. The second-order valence-electron chi connectivity index (χ2n) is 4.67. The Labute approximate surface area is 122 Å². The van der Waals surface area contributed by atoms with Crippen molar-refractivity contribution in [3.8, 4) is 0 Å². The van der Waals surface area contributed by atoms with Gasteiger partial charge in [-0.2, -0.15) is 5.10 Å². The summed E-state index contributed by atoms with van der Waals surface area (Å²) in [6.45, 7) is 4.08. The number of fused-ring (bicyclic) bond motifs is 1. The van der Waals surface area contributed by atoms with Gasteiger partial charge in [0.25, 0.3) is 0 Å². The molecule has 0 spiro atoms. The van der Waals surface area contributed by atoms with Crippen molar-refractivity contribution in [3.63, 3.8) is 0 Å². The SMILES string of the molecule is Cc1cc(N/N=C/c2sccc2C)c2ccccc2n1. The monoisotopic (exact) mass is 281 g/mol. The number of benzene rings is 1. The van der Waals surface area contributed by atoms with Crippen molar-refractivity contribution in [2.45, 2.75) is 13.8 Å². The average Bonchev–Trinajstić information content (AvgIpc) is 2.84. The molecule has 0 saturated heterocycles. The van der Waals surface area contributed by atoms with Gasteiger partial charge in [0.2, 0.25) is 0 Å². The minimum Gasteiger partial charge on any atom is -0.278 e. The van der Waals surface area contributed by atoms with Crippen molar-refractivity contribution < 1.29 is 0 Å². The van der Waals surface area contributed by atoms with E-state index < -0.39 is 0 Å². The van der Waals surface area contributed by atoms with Crippen LogP contribution < -0.4 is 5.43 Å². The van der Waals surface area contributed by atoms with Gasteiger partial charge in [0.1, 0.15) is 0 Å². The molecule has 0 amide bonds. The number of nitrogens with one attached hydrogen (secondary N) is 1. The van der Waals surface area contributed by atoms with Gasteiger partial charge in [-0.15, -0.1) is 11.3 Å². The van der Waals surface area contributed by atoms with E-state index >= 15 is 0 Å². The van der Waals surface area contributed by atoms with E-state index in [4.69, 9.17) is 0 Å². The van der Waals surface area contributed by atoms with Crippen LogP contribution in [0.25, 0.3) is 10.9 Å². The molecule has 0 fully saturated rings. The lowest BCUT2D eigenvalue weighted by molar-refractivity contribution is 1.24. The number of hydrogen-bond acceptors (Lipinski definition) is 4. The van der Waals surface area contributed by atoms with Crippen molar-refractivity contribution >= 4 is 34.1 Å². The van der Waals surface area contributed by atoms with Crippen LogP contribution in [0.3, 0.4) is 0 Å². The summed E-state index contributed by atoms with van der Waals surface area (Å²) in [5.74, 6) is 0. The Morgan fingerprint density at radius 1 is 1.20 bits per heavy atom. The molecule has 0 unspecified atom stereocenters. The predicted octanol–water partition coefficient (Wildman–Crippen LogP) is 4.36. The third-order valence-electron chi connectivity index (χ3n) is 3.11. The number of hydrazone groups is 1. The molecule has 3 nitrogen and oxygen atoms in total. The molecule has 20 heavy (non-hydrogen) atoms. The molecule has 1 aromatic carbocycles. The van der Waals surface area contributed by atoms with Gasteiger partial charge < -0.3 is 0 Å². The van der Waals surface area contributed by atoms with Crippen LogP contribution >= 0.6 is 11.3 Å². The van der Waals surface area contributed by atoms with Crippen molar-refractivity contribution in [2.75, 3.05) is 5.43 Å². The largest absolute Gasteiger partial charge is 0.278 e. The van der Waals surface area contributed by atoms with Crippen LogP contribution in [0.4, 0.5) is 5.69 Å². The summed E-state index contributed by atoms with van der Waals surface area (Å²) in [7, 11) is 0. The van der Waals surface area contributed by atoms with Crippen molar-refractivity contribution in [1.82, 2.24) is 4.98 Å². The molecule has 0 bridgehead atoms. The fourth-order valence-corrected chi connectivity index (χ4v) is 2.86. The Bertz CT molecular complexity index is 774. The predicted molar refractivity (Wildman–Crippen MR) is 86.8 cm³/mol. The average molecular weight is 281 g/mol. The highest BCUT2D eigenvalue weighted by atomic mass is 32.1. The van der Waals surface area contributed by atoms with Crippen LogP contribution in [0.5, 0.6) is 0 Å². The molecule has 1 N–H and O–H groups in total. The molecule has 0 aliphatic carbocycles. The standard InChI is InChI=1S/C16H15N3S/c1-11-7-8-20-16(11)10-17-19-15-9-12(2)18-14-6-4-3-5-13(14)15/h3-10H,1-2H3,(H,18,19)/b17-10+. The van der Waals surface area contributed by atoms with E-state index in [9.17, 15) is 0 Å². The third-order valence-corrected chi connectivity index (χ3v) is 4.07. The van der Waals surface area contributed by atoms with E-state index in [-0.39, 0.29) is 0 Å². The molecule has 0 saturated carbocycles. The number of para-hydroxylation sites is 1. The van der Waals surface area contributed by atoms with E-state index in [0.29, 0.717) is 0 Å². The lowest BCUT2D eigenvalue weighted by atomic mass is 10.1. The summed E-state index contributed by atoms with van der Waals surface area (Å²) in [6, 6.07) is 12.2. The lowest BCUT2D eigenvalue weighted by Gasteiger charge is -2.06. The number of aryl methyl sites for hydroxylation is 2. The van der Waals surface area contributed by atoms with E-state index in [1.54, 1.807) is 11.3 Å². The molecule has 2 aromatic heterocycles. The topological polar surface area (TPSA) is 37.3 Å². The second-order valence-corrected chi connectivity index (χ2v) is 5.61. The highest BCUT2D eigenvalue weighted by molar-refractivity contribution is 7.11. The van der Waals surface area contributed by atoms with Gasteiger partial charge in [-0.05, 0) is 43.0 Å². The minimum absolute atomic E-state index is 0.980. The summed E-state index contributed by atoms with van der Waals surface area (Å²) >= 11 is 1.69. The van der Waals surface area contributed by atoms with Gasteiger partial charge in [0.15, 0.2) is 0 Å². The molecule has 0 atom stereocenters. The quantitative estimate of drug-likeness (QED) is 0.572. The molecule has 4 heteroatoms. The molecule has 0 aliphatic heterocycles. The zero-order valence-corrected chi connectivity index (χ0v) is 12.2. The molecular weight excluding hydrogens is 266 g/mol. The fourth-order valence-electron chi connectivity index (χ4n) is 2.08. The molecule has 2 heterocycles. The highest BCUT2D eigenvalue weighted by Gasteiger charge is 2.02. The fraction of sp³-hybridized carbons (Fsp3) is 0.125. The number of pyridine rings is 1. The van der Waals surface area contributed by atoms with Gasteiger partial charge in [0, 0.05) is 16.0 Å². The number of aromatic nitrogens is 1. The van der Waals surface area contributed by atoms with Crippen molar-refractivity contribution in [2.24, 2.45) is 5.10 Å². The lowest BCUT2D eigenvalue weighted by Crippen LogP contribution is -1.94. The van der Waals surface area contributed by atoms with Crippen LogP contribution in [-0.4, -0.2) is 11.2 Å². The van der Waals surface area contributed by atoms with E-state index in [1.165, 1.54) is 10.4 Å². The van der Waals surface area contributed by atoms with Crippen LogP contribution in [0.1, 0.15) is 16.1 Å². The van der Waals surface area contributed by atoms with E-state index in [2.05, 4.69) is 39.9 Å². The van der Waals surface area contributed by atoms with Gasteiger partial charge in [-0.3, -0.25) is 10.4 Å². The zero-order valence-electron chi connectivity index (χ0n) is 11.4. The van der Waals surface area contributed by atoms with E-state index in [1.807, 2.05) is 37.4 Å². The maximum Gasteiger partial charge on any atom is 0.0726 e. The zero-order chi connectivity index (χ0) is 13.9. The first-order chi connectivity index (χ1) is 9.74. The Morgan fingerprint density at radius 3 is 2.85 bits per heavy atom. The van der Waals surface area contributed by atoms with Crippen LogP contribution in [0.15, 0.2) is 46.9 Å². The molecule has 0 radical (unpaired) electrons. The van der Waals surface area contributed by atoms with Crippen LogP contribution in [-0.2, 0) is 0 Å². The summed E-state index contributed by atoms with van der Waals surface area (Å²) in [5, 5.41) is 7.50. The summed E-state index contributed by atoms with van der Waals surface area (Å²) in [5.41, 5.74) is 7.33. The number of rotatable bonds is 3. The summed E-state index contributed by atoms with van der Waals surface area (Å²) in [4.78, 5) is 5.69. The summed E-state index contributed by atoms with van der Waals surface area (Å²) < 4.78 is 0. The third kappa shape index (κ3) is 2.56. The molecule has 3 aromatic rings. The first-order valence-electron chi connectivity index (χ1n) is 6.43. The molecule has 100 valence electrons. The van der Waals surface area contributed by atoms with Gasteiger partial charge >= 0.3 is 0 Å². The maximum atomic E-state index is 4.52. The first kappa shape index (κ1) is 12.8. The summed E-state index contributed by atoms with van der Waals surface area (Å²) in [6.07, 6.45) is 1.87. The first-order valence-corrected chi connectivity index (χ1v) is 7.31. The second kappa shape index (κ2) is 5.43. The highest BCUT2D eigenvalue weighted by Crippen LogP contribution is 2.23. The maximum absolute atomic E-state index is 4.52. The normalized spacial score (nSPS) is 11.3. The van der Waals surface area contributed by atoms with Crippen LogP contribution in [0.2, 0.25) is 0 Å². The van der Waals surface area contributed by atoms with Gasteiger partial charge in [0.05, 0.1) is 17.4 Å². The number of hydrogen-bond donors (Lipinski definition) is 1.